The van der Waals surface area contributed by atoms with Crippen LogP contribution in [-0.4, -0.2) is 29.7 Å². The third kappa shape index (κ3) is 2.41. The SMILES string of the molecule is Nc1ccc2nc(NCCC3CCOC3)[nH]c2c1. The van der Waals surface area contributed by atoms with Gasteiger partial charge in [-0.25, -0.2) is 4.98 Å². The van der Waals surface area contributed by atoms with Gasteiger partial charge in [-0.15, -0.1) is 0 Å². The van der Waals surface area contributed by atoms with Crippen molar-refractivity contribution < 1.29 is 4.74 Å². The number of aromatic nitrogens is 2. The van der Waals surface area contributed by atoms with Crippen LogP contribution >= 0.6 is 0 Å². The molecule has 4 N–H and O–H groups in total. The van der Waals surface area contributed by atoms with Crippen molar-refractivity contribution in [3.8, 4) is 0 Å². The van der Waals surface area contributed by atoms with Crippen LogP contribution in [0.1, 0.15) is 12.8 Å². The zero-order valence-corrected chi connectivity index (χ0v) is 10.3. The Labute approximate surface area is 106 Å². The first kappa shape index (κ1) is 11.3. The Balaban J connectivity index is 1.60. The van der Waals surface area contributed by atoms with E-state index in [1.54, 1.807) is 0 Å². The fourth-order valence-electron chi connectivity index (χ4n) is 2.32. The minimum atomic E-state index is 0.692. The normalized spacial score (nSPS) is 19.4. The summed E-state index contributed by atoms with van der Waals surface area (Å²) < 4.78 is 5.36. The smallest absolute Gasteiger partial charge is 0.201 e. The number of hydrogen-bond acceptors (Lipinski definition) is 4. The highest BCUT2D eigenvalue weighted by Gasteiger charge is 2.14. The van der Waals surface area contributed by atoms with Gasteiger partial charge >= 0.3 is 0 Å². The van der Waals surface area contributed by atoms with Crippen molar-refractivity contribution in [2.45, 2.75) is 12.8 Å². The average Bonchev–Trinajstić information content (AvgIpc) is 2.97. The highest BCUT2D eigenvalue weighted by molar-refractivity contribution is 5.80. The second-order valence-electron chi connectivity index (χ2n) is 4.81. The molecule has 1 aromatic heterocycles. The molecule has 1 aliphatic rings. The molecule has 1 aromatic carbocycles. The molecule has 96 valence electrons. The molecule has 2 heterocycles. The highest BCUT2D eigenvalue weighted by Crippen LogP contribution is 2.18. The monoisotopic (exact) mass is 246 g/mol. The first-order valence-corrected chi connectivity index (χ1v) is 6.38. The van der Waals surface area contributed by atoms with E-state index in [-0.39, 0.29) is 0 Å². The van der Waals surface area contributed by atoms with Gasteiger partial charge in [0.2, 0.25) is 5.95 Å². The number of nitrogens with two attached hydrogens (primary N) is 1. The fourth-order valence-corrected chi connectivity index (χ4v) is 2.32. The molecule has 1 saturated heterocycles. The maximum Gasteiger partial charge on any atom is 0.201 e. The summed E-state index contributed by atoms with van der Waals surface area (Å²) in [5.41, 5.74) is 8.40. The number of hydrogen-bond donors (Lipinski definition) is 3. The molecule has 1 unspecified atom stereocenters. The largest absolute Gasteiger partial charge is 0.399 e. The molecule has 5 heteroatoms. The predicted octanol–water partition coefficient (Wildman–Crippen LogP) is 1.98. The van der Waals surface area contributed by atoms with E-state index in [0.29, 0.717) is 5.92 Å². The van der Waals surface area contributed by atoms with E-state index >= 15 is 0 Å². The van der Waals surface area contributed by atoms with Gasteiger partial charge in [-0.05, 0) is 37.0 Å². The molecule has 0 saturated carbocycles. The van der Waals surface area contributed by atoms with Crippen molar-refractivity contribution in [1.82, 2.24) is 9.97 Å². The third-order valence-electron chi connectivity index (χ3n) is 3.37. The van der Waals surface area contributed by atoms with E-state index in [1.807, 2.05) is 18.2 Å². The van der Waals surface area contributed by atoms with Gasteiger partial charge in [0.1, 0.15) is 0 Å². The van der Waals surface area contributed by atoms with Crippen LogP contribution in [0.25, 0.3) is 11.0 Å². The third-order valence-corrected chi connectivity index (χ3v) is 3.37. The molecular weight excluding hydrogens is 228 g/mol. The number of nitrogen functional groups attached to an aromatic ring is 1. The lowest BCUT2D eigenvalue weighted by Crippen LogP contribution is -2.09. The van der Waals surface area contributed by atoms with E-state index in [2.05, 4.69) is 15.3 Å². The quantitative estimate of drug-likeness (QED) is 0.721. The van der Waals surface area contributed by atoms with Gasteiger partial charge in [-0.1, -0.05) is 0 Å². The number of aromatic amines is 1. The van der Waals surface area contributed by atoms with E-state index < -0.39 is 0 Å². The lowest BCUT2D eigenvalue weighted by Gasteiger charge is -2.07. The molecule has 1 atom stereocenters. The summed E-state index contributed by atoms with van der Waals surface area (Å²) in [4.78, 5) is 7.69. The molecule has 5 nitrogen and oxygen atoms in total. The van der Waals surface area contributed by atoms with Crippen molar-refractivity contribution in [2.24, 2.45) is 5.92 Å². The van der Waals surface area contributed by atoms with Crippen LogP contribution in [0, 0.1) is 5.92 Å². The van der Waals surface area contributed by atoms with Gasteiger partial charge in [0.15, 0.2) is 0 Å². The lowest BCUT2D eigenvalue weighted by molar-refractivity contribution is 0.185. The first-order chi connectivity index (χ1) is 8.81. The predicted molar refractivity (Wildman–Crippen MR) is 72.5 cm³/mol. The fraction of sp³-hybridized carbons (Fsp3) is 0.462. The summed E-state index contributed by atoms with van der Waals surface area (Å²) in [5.74, 6) is 1.51. The van der Waals surface area contributed by atoms with Gasteiger partial charge in [0, 0.05) is 25.4 Å². The lowest BCUT2D eigenvalue weighted by atomic mass is 10.1. The van der Waals surface area contributed by atoms with Gasteiger partial charge in [-0.2, -0.15) is 0 Å². The molecule has 1 fully saturated rings. The first-order valence-electron chi connectivity index (χ1n) is 6.38. The summed E-state index contributed by atoms with van der Waals surface area (Å²) in [6, 6.07) is 5.69. The Morgan fingerprint density at radius 3 is 3.28 bits per heavy atom. The van der Waals surface area contributed by atoms with E-state index in [1.165, 1.54) is 6.42 Å². The van der Waals surface area contributed by atoms with Crippen LogP contribution in [-0.2, 0) is 4.74 Å². The number of rotatable bonds is 4. The van der Waals surface area contributed by atoms with E-state index in [4.69, 9.17) is 10.5 Å². The van der Waals surface area contributed by atoms with Crippen molar-refractivity contribution in [3.63, 3.8) is 0 Å². The van der Waals surface area contributed by atoms with E-state index in [9.17, 15) is 0 Å². The second kappa shape index (κ2) is 4.86. The summed E-state index contributed by atoms with van der Waals surface area (Å²) in [5, 5.41) is 3.32. The Kier molecular flexibility index (Phi) is 3.06. The zero-order valence-electron chi connectivity index (χ0n) is 10.3. The van der Waals surface area contributed by atoms with Crippen molar-refractivity contribution in [1.29, 1.82) is 0 Å². The zero-order chi connectivity index (χ0) is 12.4. The number of nitrogens with one attached hydrogen (secondary N) is 2. The van der Waals surface area contributed by atoms with Gasteiger partial charge < -0.3 is 20.8 Å². The number of nitrogens with zero attached hydrogens (tertiary/aromatic N) is 1. The Hall–Kier alpha value is -1.75. The number of fused-ring (bicyclic) bond motifs is 1. The van der Waals surface area contributed by atoms with Crippen molar-refractivity contribution in [2.75, 3.05) is 30.8 Å². The van der Waals surface area contributed by atoms with Crippen LogP contribution in [0.2, 0.25) is 0 Å². The van der Waals surface area contributed by atoms with E-state index in [0.717, 1.165) is 48.8 Å². The Bertz CT molecular complexity index is 531. The maximum atomic E-state index is 5.73. The number of H-pyrrole nitrogens is 1. The molecule has 0 aliphatic carbocycles. The maximum absolute atomic E-state index is 5.73. The molecule has 0 spiro atoms. The summed E-state index contributed by atoms with van der Waals surface area (Å²) in [6.07, 6.45) is 2.30. The molecule has 2 aromatic rings. The minimum absolute atomic E-state index is 0.692. The second-order valence-corrected chi connectivity index (χ2v) is 4.81. The van der Waals surface area contributed by atoms with Crippen LogP contribution in [0.5, 0.6) is 0 Å². The molecule has 0 bridgehead atoms. The molecular formula is C13H18N4O. The highest BCUT2D eigenvalue weighted by atomic mass is 16.5. The summed E-state index contributed by atoms with van der Waals surface area (Å²) in [7, 11) is 0. The van der Waals surface area contributed by atoms with Gasteiger partial charge in [0.25, 0.3) is 0 Å². The summed E-state index contributed by atoms with van der Waals surface area (Å²) in [6.45, 7) is 2.73. The number of anilines is 2. The Morgan fingerprint density at radius 2 is 2.44 bits per heavy atom. The van der Waals surface area contributed by atoms with Crippen LogP contribution in [0.4, 0.5) is 11.6 Å². The van der Waals surface area contributed by atoms with Crippen LogP contribution in [0.3, 0.4) is 0 Å². The summed E-state index contributed by atoms with van der Waals surface area (Å²) >= 11 is 0. The standard InChI is InChI=1S/C13H18N4O/c14-10-1-2-11-12(7-10)17-13(16-11)15-5-3-9-4-6-18-8-9/h1-2,7,9H,3-6,8,14H2,(H2,15,16,17). The Morgan fingerprint density at radius 1 is 1.50 bits per heavy atom. The van der Waals surface area contributed by atoms with Gasteiger partial charge in [-0.3, -0.25) is 0 Å². The van der Waals surface area contributed by atoms with Crippen molar-refractivity contribution in [3.05, 3.63) is 18.2 Å². The van der Waals surface area contributed by atoms with Crippen LogP contribution in [0.15, 0.2) is 18.2 Å². The van der Waals surface area contributed by atoms with Crippen molar-refractivity contribution >= 4 is 22.7 Å². The molecule has 0 amide bonds. The molecule has 0 radical (unpaired) electrons. The number of imidazole rings is 1. The van der Waals surface area contributed by atoms with Crippen LogP contribution < -0.4 is 11.1 Å². The average molecular weight is 246 g/mol. The minimum Gasteiger partial charge on any atom is -0.399 e. The molecule has 18 heavy (non-hydrogen) atoms. The number of ether oxygens (including phenoxy) is 1. The topological polar surface area (TPSA) is 76.0 Å². The molecule has 3 rings (SSSR count). The number of benzene rings is 1. The van der Waals surface area contributed by atoms with Gasteiger partial charge in [0.05, 0.1) is 11.0 Å². The molecule has 1 aliphatic heterocycles.